The smallest absolute Gasteiger partial charge is 0.317 e. The molecule has 1 saturated heterocycles. The summed E-state index contributed by atoms with van der Waals surface area (Å²) in [5.41, 5.74) is 0. The van der Waals surface area contributed by atoms with Crippen LogP contribution in [0.3, 0.4) is 0 Å². The van der Waals surface area contributed by atoms with Gasteiger partial charge >= 0.3 is 12.0 Å². The van der Waals surface area contributed by atoms with Crippen molar-refractivity contribution in [2.24, 2.45) is 5.92 Å². The van der Waals surface area contributed by atoms with Crippen molar-refractivity contribution in [1.29, 1.82) is 0 Å². The van der Waals surface area contributed by atoms with Crippen LogP contribution < -0.4 is 5.32 Å². The Morgan fingerprint density at radius 2 is 2.11 bits per heavy atom. The van der Waals surface area contributed by atoms with Gasteiger partial charge in [-0.2, -0.15) is 0 Å². The van der Waals surface area contributed by atoms with E-state index >= 15 is 0 Å². The van der Waals surface area contributed by atoms with E-state index in [1.165, 1.54) is 4.90 Å². The highest BCUT2D eigenvalue weighted by molar-refractivity contribution is 5.84. The van der Waals surface area contributed by atoms with Crippen molar-refractivity contribution in [3.05, 3.63) is 0 Å². The largest absolute Gasteiger partial charge is 0.481 e. The lowest BCUT2D eigenvalue weighted by Gasteiger charge is -2.21. The number of rotatable bonds is 4. The number of nitrogens with one attached hydrogen (secondary N) is 1. The first-order valence-electron chi connectivity index (χ1n) is 6.38. The fourth-order valence-electron chi connectivity index (χ4n) is 1.90. The molecular weight excluding hydrogens is 250 g/mol. The Hall–Kier alpha value is -1.79. The van der Waals surface area contributed by atoms with Crippen LogP contribution in [0, 0.1) is 5.92 Å². The van der Waals surface area contributed by atoms with Crippen molar-refractivity contribution >= 4 is 17.9 Å². The average Bonchev–Trinajstić information content (AvgIpc) is 2.48. The van der Waals surface area contributed by atoms with Crippen molar-refractivity contribution in [3.63, 3.8) is 0 Å². The van der Waals surface area contributed by atoms with E-state index in [9.17, 15) is 14.4 Å². The molecule has 1 unspecified atom stereocenters. The van der Waals surface area contributed by atoms with Gasteiger partial charge in [0.25, 0.3) is 0 Å². The molecule has 0 aromatic rings. The molecule has 19 heavy (non-hydrogen) atoms. The molecule has 1 rings (SSSR count). The van der Waals surface area contributed by atoms with Gasteiger partial charge in [-0.25, -0.2) is 4.79 Å². The van der Waals surface area contributed by atoms with Crippen LogP contribution in [-0.2, 0) is 9.59 Å². The van der Waals surface area contributed by atoms with Gasteiger partial charge in [0.1, 0.15) is 6.54 Å². The van der Waals surface area contributed by atoms with Crippen LogP contribution in [-0.4, -0.2) is 66.0 Å². The van der Waals surface area contributed by atoms with Crippen LogP contribution >= 0.6 is 0 Å². The number of amides is 3. The highest BCUT2D eigenvalue weighted by atomic mass is 16.4. The van der Waals surface area contributed by atoms with Crippen molar-refractivity contribution in [3.8, 4) is 0 Å². The molecule has 1 aliphatic heterocycles. The molecule has 0 bridgehead atoms. The Morgan fingerprint density at radius 3 is 2.74 bits per heavy atom. The highest BCUT2D eigenvalue weighted by Crippen LogP contribution is 2.04. The van der Waals surface area contributed by atoms with Crippen LogP contribution in [0.4, 0.5) is 4.79 Å². The molecule has 7 heteroatoms. The minimum Gasteiger partial charge on any atom is -0.481 e. The monoisotopic (exact) mass is 271 g/mol. The van der Waals surface area contributed by atoms with E-state index in [2.05, 4.69) is 5.32 Å². The number of hydrogen-bond donors (Lipinski definition) is 2. The Labute approximate surface area is 112 Å². The first-order chi connectivity index (χ1) is 8.90. The maximum atomic E-state index is 11.9. The molecule has 1 heterocycles. The first-order valence-corrected chi connectivity index (χ1v) is 6.38. The Kier molecular flexibility index (Phi) is 5.59. The summed E-state index contributed by atoms with van der Waals surface area (Å²) in [6, 6.07) is -0.305. The van der Waals surface area contributed by atoms with Gasteiger partial charge < -0.3 is 20.2 Å². The number of urea groups is 1. The predicted molar refractivity (Wildman–Crippen MR) is 68.6 cm³/mol. The minimum atomic E-state index is -0.881. The lowest BCUT2D eigenvalue weighted by Crippen LogP contribution is -2.44. The van der Waals surface area contributed by atoms with Crippen LogP contribution in [0.5, 0.6) is 0 Å². The number of carbonyl (C=O) groups is 3. The fourth-order valence-corrected chi connectivity index (χ4v) is 1.90. The summed E-state index contributed by atoms with van der Waals surface area (Å²) in [7, 11) is 1.72. The summed E-state index contributed by atoms with van der Waals surface area (Å²) in [5, 5.41) is 11.3. The third-order valence-electron chi connectivity index (χ3n) is 3.09. The Balaban J connectivity index is 2.40. The van der Waals surface area contributed by atoms with Gasteiger partial charge in [-0.05, 0) is 12.3 Å². The average molecular weight is 271 g/mol. The molecule has 1 fully saturated rings. The fraction of sp³-hybridized carbons (Fsp3) is 0.750. The van der Waals surface area contributed by atoms with E-state index in [0.29, 0.717) is 19.6 Å². The van der Waals surface area contributed by atoms with Gasteiger partial charge in [0.05, 0.1) is 0 Å². The highest BCUT2D eigenvalue weighted by Gasteiger charge is 2.22. The third-order valence-corrected chi connectivity index (χ3v) is 3.09. The zero-order valence-corrected chi connectivity index (χ0v) is 11.4. The molecule has 0 spiro atoms. The van der Waals surface area contributed by atoms with E-state index in [1.54, 1.807) is 18.9 Å². The van der Waals surface area contributed by atoms with Crippen molar-refractivity contribution in [2.45, 2.75) is 19.8 Å². The van der Waals surface area contributed by atoms with Gasteiger partial charge in [-0.15, -0.1) is 0 Å². The van der Waals surface area contributed by atoms with Crippen molar-refractivity contribution < 1.29 is 19.5 Å². The zero-order chi connectivity index (χ0) is 14.4. The lowest BCUT2D eigenvalue weighted by molar-refractivity contribution is -0.138. The van der Waals surface area contributed by atoms with E-state index < -0.39 is 5.97 Å². The summed E-state index contributed by atoms with van der Waals surface area (Å²) in [6.07, 6.45) is 0.766. The molecule has 0 saturated carbocycles. The molecule has 7 nitrogen and oxygen atoms in total. The number of carbonyl (C=O) groups excluding carboxylic acids is 2. The number of carboxylic acid groups (broad SMARTS) is 1. The van der Waals surface area contributed by atoms with E-state index in [0.717, 1.165) is 6.42 Å². The van der Waals surface area contributed by atoms with Gasteiger partial charge in [0.15, 0.2) is 0 Å². The van der Waals surface area contributed by atoms with Crippen LogP contribution in [0.25, 0.3) is 0 Å². The SMILES string of the molecule is CC(CNC(=O)N1CCCN(C)C(=O)C1)CC(=O)O. The van der Waals surface area contributed by atoms with E-state index in [1.807, 2.05) is 0 Å². The van der Waals surface area contributed by atoms with Crippen LogP contribution in [0.15, 0.2) is 0 Å². The standard InChI is InChI=1S/C12H21N3O4/c1-9(6-11(17)18)7-13-12(19)15-5-3-4-14(2)10(16)8-15/h9H,3-8H2,1-2H3,(H,13,19)(H,17,18). The maximum Gasteiger partial charge on any atom is 0.317 e. The molecular formula is C12H21N3O4. The second-order valence-corrected chi connectivity index (χ2v) is 4.98. The number of carboxylic acids is 1. The second kappa shape index (κ2) is 6.96. The predicted octanol–water partition coefficient (Wildman–Crippen LogP) is -0.0291. The second-order valence-electron chi connectivity index (χ2n) is 4.98. The number of nitrogens with zero attached hydrogens (tertiary/aromatic N) is 2. The minimum absolute atomic E-state index is 0.0158. The Bertz CT molecular complexity index is 359. The number of aliphatic carboxylic acids is 1. The van der Waals surface area contributed by atoms with E-state index in [4.69, 9.17) is 5.11 Å². The molecule has 3 amide bonds. The van der Waals surface area contributed by atoms with Gasteiger partial charge in [-0.1, -0.05) is 6.92 Å². The molecule has 0 aromatic heterocycles. The third kappa shape index (κ3) is 5.15. The summed E-state index contributed by atoms with van der Waals surface area (Å²) < 4.78 is 0. The normalized spacial score (nSPS) is 17.9. The molecule has 0 aliphatic carbocycles. The first kappa shape index (κ1) is 15.3. The van der Waals surface area contributed by atoms with Gasteiger partial charge in [-0.3, -0.25) is 9.59 Å². The number of hydrogen-bond acceptors (Lipinski definition) is 3. The van der Waals surface area contributed by atoms with Crippen molar-refractivity contribution in [2.75, 3.05) is 33.2 Å². The van der Waals surface area contributed by atoms with Crippen LogP contribution in [0.1, 0.15) is 19.8 Å². The molecule has 0 radical (unpaired) electrons. The molecule has 0 aromatic carbocycles. The summed E-state index contributed by atoms with van der Waals surface area (Å²) in [4.78, 5) is 37.1. The van der Waals surface area contributed by atoms with Crippen LogP contribution in [0.2, 0.25) is 0 Å². The molecule has 1 aliphatic rings. The van der Waals surface area contributed by atoms with E-state index in [-0.39, 0.29) is 30.8 Å². The Morgan fingerprint density at radius 1 is 1.42 bits per heavy atom. The van der Waals surface area contributed by atoms with Gasteiger partial charge in [0, 0.05) is 33.1 Å². The quantitative estimate of drug-likeness (QED) is 0.751. The molecule has 2 N–H and O–H groups in total. The summed E-state index contributed by atoms with van der Waals surface area (Å²) in [5.74, 6) is -1.09. The summed E-state index contributed by atoms with van der Waals surface area (Å²) >= 11 is 0. The zero-order valence-electron chi connectivity index (χ0n) is 11.4. The lowest BCUT2D eigenvalue weighted by atomic mass is 10.1. The molecule has 1 atom stereocenters. The molecule has 108 valence electrons. The topological polar surface area (TPSA) is 90.0 Å². The van der Waals surface area contributed by atoms with Crippen molar-refractivity contribution in [1.82, 2.24) is 15.1 Å². The number of likely N-dealkylation sites (N-methyl/N-ethyl adjacent to an activating group) is 1. The summed E-state index contributed by atoms with van der Waals surface area (Å²) in [6.45, 7) is 3.32. The maximum absolute atomic E-state index is 11.9. The van der Waals surface area contributed by atoms with Gasteiger partial charge in [0.2, 0.25) is 5.91 Å².